The van der Waals surface area contributed by atoms with Crippen molar-refractivity contribution in [3.05, 3.63) is 40.6 Å². The van der Waals surface area contributed by atoms with Crippen molar-refractivity contribution in [3.8, 4) is 0 Å². The van der Waals surface area contributed by atoms with Crippen LogP contribution in [0.25, 0.3) is 0 Å². The normalized spacial score (nSPS) is 11.0. The van der Waals surface area contributed by atoms with Crippen LogP contribution < -0.4 is 5.32 Å². The van der Waals surface area contributed by atoms with Crippen molar-refractivity contribution in [2.24, 2.45) is 7.05 Å². The standard InChI is InChI=1S/C12H16ClN3O/c1-9-11(12(13)16(2)15-9)8-14-6-5-10-4-3-7-17-10/h3-4,7,14H,5-6,8H2,1-2H3. The molecule has 2 aromatic rings. The van der Waals surface area contributed by atoms with E-state index in [9.17, 15) is 0 Å². The van der Waals surface area contributed by atoms with Gasteiger partial charge in [-0.15, -0.1) is 0 Å². The molecule has 0 bridgehead atoms. The van der Waals surface area contributed by atoms with Gasteiger partial charge in [-0.2, -0.15) is 5.10 Å². The van der Waals surface area contributed by atoms with Gasteiger partial charge in [-0.25, -0.2) is 0 Å². The van der Waals surface area contributed by atoms with E-state index in [4.69, 9.17) is 16.0 Å². The molecule has 1 N–H and O–H groups in total. The predicted molar refractivity (Wildman–Crippen MR) is 67.1 cm³/mol. The van der Waals surface area contributed by atoms with Crippen molar-refractivity contribution in [3.63, 3.8) is 0 Å². The van der Waals surface area contributed by atoms with E-state index in [1.165, 1.54) is 0 Å². The second-order valence-corrected chi connectivity index (χ2v) is 4.34. The molecule has 17 heavy (non-hydrogen) atoms. The fraction of sp³-hybridized carbons (Fsp3) is 0.417. The quantitative estimate of drug-likeness (QED) is 0.832. The van der Waals surface area contributed by atoms with E-state index < -0.39 is 0 Å². The summed E-state index contributed by atoms with van der Waals surface area (Å²) in [5, 5.41) is 8.30. The fourth-order valence-corrected chi connectivity index (χ4v) is 2.00. The maximum absolute atomic E-state index is 6.13. The van der Waals surface area contributed by atoms with Gasteiger partial charge in [-0.1, -0.05) is 11.6 Å². The van der Waals surface area contributed by atoms with Gasteiger partial charge < -0.3 is 9.73 Å². The molecule has 0 fully saturated rings. The number of nitrogens with one attached hydrogen (secondary N) is 1. The molecular formula is C12H16ClN3O. The zero-order valence-corrected chi connectivity index (χ0v) is 10.8. The van der Waals surface area contributed by atoms with Gasteiger partial charge in [0.2, 0.25) is 0 Å². The maximum atomic E-state index is 6.13. The second-order valence-electron chi connectivity index (χ2n) is 3.98. The molecule has 0 amide bonds. The summed E-state index contributed by atoms with van der Waals surface area (Å²) in [6.07, 6.45) is 2.57. The van der Waals surface area contributed by atoms with Crippen LogP contribution in [0.2, 0.25) is 5.15 Å². The van der Waals surface area contributed by atoms with Gasteiger partial charge in [0.05, 0.1) is 12.0 Å². The molecule has 92 valence electrons. The summed E-state index contributed by atoms with van der Waals surface area (Å²) in [6, 6.07) is 3.88. The van der Waals surface area contributed by atoms with Gasteiger partial charge in [-0.05, 0) is 19.1 Å². The topological polar surface area (TPSA) is 43.0 Å². The summed E-state index contributed by atoms with van der Waals surface area (Å²) < 4.78 is 6.95. The highest BCUT2D eigenvalue weighted by molar-refractivity contribution is 6.30. The average molecular weight is 254 g/mol. The minimum absolute atomic E-state index is 0.702. The number of halogens is 1. The Balaban J connectivity index is 1.82. The van der Waals surface area contributed by atoms with Crippen LogP contribution in [0.1, 0.15) is 17.0 Å². The molecule has 0 aromatic carbocycles. The minimum Gasteiger partial charge on any atom is -0.469 e. The Morgan fingerprint density at radius 1 is 1.53 bits per heavy atom. The van der Waals surface area contributed by atoms with Crippen molar-refractivity contribution in [2.45, 2.75) is 19.9 Å². The van der Waals surface area contributed by atoms with Crippen LogP contribution >= 0.6 is 11.6 Å². The summed E-state index contributed by atoms with van der Waals surface area (Å²) in [7, 11) is 1.85. The lowest BCUT2D eigenvalue weighted by atomic mass is 10.2. The molecule has 0 unspecified atom stereocenters. The molecule has 5 heteroatoms. The van der Waals surface area contributed by atoms with Crippen LogP contribution in [-0.4, -0.2) is 16.3 Å². The molecule has 4 nitrogen and oxygen atoms in total. The highest BCUT2D eigenvalue weighted by atomic mass is 35.5. The largest absolute Gasteiger partial charge is 0.469 e. The smallest absolute Gasteiger partial charge is 0.131 e. The Bertz CT molecular complexity index is 476. The molecule has 0 radical (unpaired) electrons. The number of nitrogens with zero attached hydrogens (tertiary/aromatic N) is 2. The monoisotopic (exact) mass is 253 g/mol. The molecule has 2 aromatic heterocycles. The third-order valence-corrected chi connectivity index (χ3v) is 3.17. The number of hydrogen-bond acceptors (Lipinski definition) is 3. The van der Waals surface area contributed by atoms with Gasteiger partial charge in [0.15, 0.2) is 0 Å². The Hall–Kier alpha value is -1.26. The van der Waals surface area contributed by atoms with E-state index in [2.05, 4.69) is 10.4 Å². The van der Waals surface area contributed by atoms with Crippen molar-refractivity contribution in [2.75, 3.05) is 6.54 Å². The molecule has 0 aliphatic rings. The van der Waals surface area contributed by atoms with Crippen LogP contribution in [0.3, 0.4) is 0 Å². The lowest BCUT2D eigenvalue weighted by molar-refractivity contribution is 0.498. The van der Waals surface area contributed by atoms with E-state index >= 15 is 0 Å². The second kappa shape index (κ2) is 5.38. The van der Waals surface area contributed by atoms with E-state index in [1.54, 1.807) is 10.9 Å². The van der Waals surface area contributed by atoms with Gasteiger partial charge in [-0.3, -0.25) is 4.68 Å². The third-order valence-electron chi connectivity index (χ3n) is 2.70. The van der Waals surface area contributed by atoms with E-state index in [0.717, 1.165) is 36.5 Å². The van der Waals surface area contributed by atoms with Crippen LogP contribution in [0.4, 0.5) is 0 Å². The van der Waals surface area contributed by atoms with Gasteiger partial charge >= 0.3 is 0 Å². The number of rotatable bonds is 5. The first-order chi connectivity index (χ1) is 8.18. The number of aromatic nitrogens is 2. The molecule has 0 saturated heterocycles. The predicted octanol–water partition coefficient (Wildman–Crippen LogP) is 2.31. The van der Waals surface area contributed by atoms with E-state index in [-0.39, 0.29) is 0 Å². The average Bonchev–Trinajstić information content (AvgIpc) is 2.87. The van der Waals surface area contributed by atoms with Gasteiger partial charge in [0.1, 0.15) is 10.9 Å². The van der Waals surface area contributed by atoms with Crippen LogP contribution in [0, 0.1) is 6.92 Å². The Kier molecular flexibility index (Phi) is 3.86. The van der Waals surface area contributed by atoms with E-state index in [1.807, 2.05) is 26.1 Å². The fourth-order valence-electron chi connectivity index (χ4n) is 1.75. The zero-order valence-electron chi connectivity index (χ0n) is 10.0. The first-order valence-electron chi connectivity index (χ1n) is 5.59. The van der Waals surface area contributed by atoms with Gasteiger partial charge in [0, 0.05) is 32.1 Å². The van der Waals surface area contributed by atoms with Crippen molar-refractivity contribution in [1.29, 1.82) is 0 Å². The summed E-state index contributed by atoms with van der Waals surface area (Å²) in [6.45, 7) is 3.56. The Morgan fingerprint density at radius 3 is 2.94 bits per heavy atom. The molecular weight excluding hydrogens is 238 g/mol. The third kappa shape index (κ3) is 2.90. The summed E-state index contributed by atoms with van der Waals surface area (Å²) in [5.41, 5.74) is 2.04. The lowest BCUT2D eigenvalue weighted by Gasteiger charge is -2.03. The van der Waals surface area contributed by atoms with Crippen LogP contribution in [0.15, 0.2) is 22.8 Å². The van der Waals surface area contributed by atoms with E-state index in [0.29, 0.717) is 5.15 Å². The lowest BCUT2D eigenvalue weighted by Crippen LogP contribution is -2.17. The van der Waals surface area contributed by atoms with Crippen molar-refractivity contribution >= 4 is 11.6 Å². The first-order valence-corrected chi connectivity index (χ1v) is 5.97. The Labute approximate surface area is 106 Å². The number of furan rings is 1. The molecule has 2 rings (SSSR count). The van der Waals surface area contributed by atoms with Crippen molar-refractivity contribution < 1.29 is 4.42 Å². The molecule has 0 atom stereocenters. The van der Waals surface area contributed by atoms with Crippen molar-refractivity contribution in [1.82, 2.24) is 15.1 Å². The number of aryl methyl sites for hydroxylation is 2. The van der Waals surface area contributed by atoms with Crippen LogP contribution in [0.5, 0.6) is 0 Å². The molecule has 2 heterocycles. The highest BCUT2D eigenvalue weighted by Crippen LogP contribution is 2.17. The zero-order chi connectivity index (χ0) is 12.3. The maximum Gasteiger partial charge on any atom is 0.131 e. The minimum atomic E-state index is 0.702. The van der Waals surface area contributed by atoms with Gasteiger partial charge in [0.25, 0.3) is 0 Å². The molecule has 0 saturated carbocycles. The Morgan fingerprint density at radius 2 is 2.35 bits per heavy atom. The summed E-state index contributed by atoms with van der Waals surface area (Å²) in [5.74, 6) is 0.992. The molecule has 0 aliphatic heterocycles. The summed E-state index contributed by atoms with van der Waals surface area (Å²) in [4.78, 5) is 0. The number of hydrogen-bond donors (Lipinski definition) is 1. The molecule has 0 aliphatic carbocycles. The first kappa shape index (κ1) is 12.2. The summed E-state index contributed by atoms with van der Waals surface area (Å²) >= 11 is 6.13. The van der Waals surface area contributed by atoms with Crippen LogP contribution in [-0.2, 0) is 20.0 Å². The molecule has 0 spiro atoms. The highest BCUT2D eigenvalue weighted by Gasteiger charge is 2.10. The SMILES string of the molecule is Cc1nn(C)c(Cl)c1CNCCc1ccco1.